The molecule has 14 nitrogen and oxygen atoms in total. The lowest BCUT2D eigenvalue weighted by Crippen LogP contribution is -2.36. The smallest absolute Gasteiger partial charge is 0.374 e. The van der Waals surface area contributed by atoms with E-state index in [1.807, 2.05) is 0 Å². The lowest BCUT2D eigenvalue weighted by atomic mass is 10.2. The fourth-order valence-electron chi connectivity index (χ4n) is 4.19. The quantitative estimate of drug-likeness (QED) is 0.145. The maximum absolute atomic E-state index is 11.4. The average Bonchev–Trinajstić information content (AvgIpc) is 3.39. The third kappa shape index (κ3) is 7.69. The Kier molecular flexibility index (Phi) is 8.77. The van der Waals surface area contributed by atoms with E-state index in [4.69, 9.17) is 23.0 Å². The van der Waals surface area contributed by atoms with Gasteiger partial charge in [-0.2, -0.15) is 21.4 Å². The molecule has 3 N–H and O–H groups in total. The molecule has 1 aliphatic rings. The van der Waals surface area contributed by atoms with E-state index >= 15 is 0 Å². The minimum atomic E-state index is -4.20. The summed E-state index contributed by atoms with van der Waals surface area (Å²) in [5.74, 6) is -1.05. The first-order valence-electron chi connectivity index (χ1n) is 12.0. The lowest BCUT2D eigenvalue weighted by molar-refractivity contribution is -0.677. The number of hydrogen-bond acceptors (Lipinski definition) is 10. The van der Waals surface area contributed by atoms with Crippen LogP contribution < -0.4 is 18.9 Å². The molecule has 0 fully saturated rings. The molecule has 0 saturated heterocycles. The highest BCUT2D eigenvalue weighted by atomic mass is 32.2. The van der Waals surface area contributed by atoms with Crippen LogP contribution in [0.2, 0.25) is 0 Å². The minimum absolute atomic E-state index is 0.00966. The fourth-order valence-corrected chi connectivity index (χ4v) is 5.17. The number of carboxylic acid groups (broad SMARTS) is 1. The lowest BCUT2D eigenvalue weighted by Gasteiger charge is -2.17. The van der Waals surface area contributed by atoms with Crippen LogP contribution in [-0.2, 0) is 31.6 Å². The third-order valence-corrected chi connectivity index (χ3v) is 7.52. The van der Waals surface area contributed by atoms with Gasteiger partial charge in [0.05, 0.1) is 28.8 Å². The number of ether oxygens (including phenoxy) is 2. The Bertz CT molecular complexity index is 1760. The molecule has 0 saturated carbocycles. The van der Waals surface area contributed by atoms with Crippen molar-refractivity contribution in [3.05, 3.63) is 65.9 Å². The van der Waals surface area contributed by atoms with Gasteiger partial charge in [-0.15, -0.1) is 0 Å². The van der Waals surface area contributed by atoms with E-state index in [0.29, 0.717) is 17.0 Å². The molecule has 0 atom stereocenters. The van der Waals surface area contributed by atoms with Crippen LogP contribution >= 0.6 is 0 Å². The summed E-state index contributed by atoms with van der Waals surface area (Å²) < 4.78 is 81.3. The van der Waals surface area contributed by atoms with E-state index < -0.39 is 37.7 Å². The van der Waals surface area contributed by atoms with Crippen molar-refractivity contribution in [3.8, 4) is 11.5 Å². The number of aryl methyl sites for hydroxylation is 1. The number of benzene rings is 2. The summed E-state index contributed by atoms with van der Waals surface area (Å²) in [6, 6.07) is 8.87. The second-order valence-electron chi connectivity index (χ2n) is 8.82. The SMILES string of the molecule is O=COc1ccc2c(c1)O/C(=C\C=C\c1oc3cc(C(=O)O)ccc3[n+]1CCCS(=O)(=O)O)N2CCCS(=O)(=O)O. The van der Waals surface area contributed by atoms with Gasteiger partial charge in [0, 0.05) is 31.2 Å². The van der Waals surface area contributed by atoms with Crippen LogP contribution in [0.1, 0.15) is 29.1 Å². The van der Waals surface area contributed by atoms with Gasteiger partial charge >= 0.3 is 11.9 Å². The number of carbonyl (C=O) groups excluding carboxylic acids is 1. The standard InChI is InChI=1S/C25H24N2O12S2/c28-16-37-18-7-9-20-22(15-18)39-24(27(20)11-3-13-41(34,35)36)5-1-4-23-26(10-2-12-40(31,32)33)19-8-6-17(25(29)30)14-21(19)38-23/h1,4-9,14-16H,2-3,10-13H2,(H2-,29,30,31,32,33,34,35,36)/p+1. The zero-order valence-corrected chi connectivity index (χ0v) is 22.9. The number of hydrogen-bond donors (Lipinski definition) is 3. The zero-order chi connectivity index (χ0) is 29.8. The molecule has 3 aromatic rings. The predicted molar refractivity (Wildman–Crippen MR) is 144 cm³/mol. The zero-order valence-electron chi connectivity index (χ0n) is 21.2. The second kappa shape index (κ2) is 12.1. The third-order valence-electron chi connectivity index (χ3n) is 5.91. The van der Waals surface area contributed by atoms with E-state index in [9.17, 15) is 31.5 Å². The Balaban J connectivity index is 1.66. The number of anilines is 1. The van der Waals surface area contributed by atoms with E-state index in [0.717, 1.165) is 0 Å². The van der Waals surface area contributed by atoms with Gasteiger partial charge in [-0.05, 0) is 36.8 Å². The minimum Gasteiger partial charge on any atom is -0.478 e. The van der Waals surface area contributed by atoms with Gasteiger partial charge in [0.1, 0.15) is 5.75 Å². The molecule has 41 heavy (non-hydrogen) atoms. The molecular weight excluding hydrogens is 584 g/mol. The van der Waals surface area contributed by atoms with Crippen LogP contribution in [0.15, 0.2) is 58.9 Å². The molecule has 1 aromatic heterocycles. The molecule has 0 amide bonds. The molecule has 4 rings (SSSR count). The Morgan fingerprint density at radius 3 is 2.44 bits per heavy atom. The number of rotatable bonds is 13. The van der Waals surface area contributed by atoms with Crippen molar-refractivity contribution in [2.45, 2.75) is 19.4 Å². The maximum Gasteiger partial charge on any atom is 0.374 e. The molecule has 2 aromatic carbocycles. The van der Waals surface area contributed by atoms with Gasteiger partial charge < -0.3 is 23.9 Å². The van der Waals surface area contributed by atoms with Gasteiger partial charge in [0.15, 0.2) is 12.3 Å². The van der Waals surface area contributed by atoms with Gasteiger partial charge in [0.25, 0.3) is 32.2 Å². The van der Waals surface area contributed by atoms with Crippen LogP contribution in [0, 0.1) is 0 Å². The highest BCUT2D eigenvalue weighted by Crippen LogP contribution is 2.41. The summed E-state index contributed by atoms with van der Waals surface area (Å²) in [5.41, 5.74) is 1.29. The van der Waals surface area contributed by atoms with Gasteiger partial charge in [-0.3, -0.25) is 13.9 Å². The Morgan fingerprint density at radius 1 is 1.02 bits per heavy atom. The van der Waals surface area contributed by atoms with Gasteiger partial charge in [0.2, 0.25) is 11.5 Å². The molecule has 1 aliphatic heterocycles. The van der Waals surface area contributed by atoms with Crippen molar-refractivity contribution < 1.29 is 59.1 Å². The number of carboxylic acids is 1. The Labute approximate surface area is 234 Å². The predicted octanol–water partition coefficient (Wildman–Crippen LogP) is 2.26. The molecule has 0 spiro atoms. The molecule has 0 unspecified atom stereocenters. The Hall–Kier alpha value is -4.25. The number of oxazole rings is 1. The van der Waals surface area contributed by atoms with Crippen LogP contribution in [-0.4, -0.2) is 61.5 Å². The maximum atomic E-state index is 11.4. The first-order valence-corrected chi connectivity index (χ1v) is 15.2. The number of aromatic carboxylic acids is 1. The number of nitrogens with zero attached hydrogens (tertiary/aromatic N) is 2. The molecule has 0 radical (unpaired) electrons. The van der Waals surface area contributed by atoms with Crippen LogP contribution in [0.4, 0.5) is 5.69 Å². The van der Waals surface area contributed by atoms with Crippen molar-refractivity contribution in [3.63, 3.8) is 0 Å². The summed E-state index contributed by atoms with van der Waals surface area (Å²) >= 11 is 0. The molecule has 2 heterocycles. The highest BCUT2D eigenvalue weighted by molar-refractivity contribution is 7.86. The summed E-state index contributed by atoms with van der Waals surface area (Å²) in [7, 11) is -8.38. The fraction of sp³-hybridized carbons (Fsp3) is 0.240. The molecule has 218 valence electrons. The Morgan fingerprint density at radius 2 is 1.76 bits per heavy atom. The van der Waals surface area contributed by atoms with Crippen molar-refractivity contribution in [1.29, 1.82) is 0 Å². The first kappa shape index (κ1) is 29.7. The van der Waals surface area contributed by atoms with E-state index in [1.165, 1.54) is 36.4 Å². The second-order valence-corrected chi connectivity index (χ2v) is 12.0. The van der Waals surface area contributed by atoms with Crippen molar-refractivity contribution in [1.82, 2.24) is 0 Å². The number of allylic oxidation sites excluding steroid dienone is 2. The number of aromatic nitrogens is 1. The molecule has 0 aliphatic carbocycles. The van der Waals surface area contributed by atoms with Crippen molar-refractivity contribution >= 4 is 55.5 Å². The van der Waals surface area contributed by atoms with Crippen LogP contribution in [0.3, 0.4) is 0 Å². The molecular formula is C25H25N2O12S2+. The van der Waals surface area contributed by atoms with E-state index in [1.54, 1.807) is 27.7 Å². The van der Waals surface area contributed by atoms with E-state index in [2.05, 4.69) is 0 Å². The monoisotopic (exact) mass is 609 g/mol. The van der Waals surface area contributed by atoms with Crippen LogP contribution in [0.25, 0.3) is 17.2 Å². The summed E-state index contributed by atoms with van der Waals surface area (Å²) in [6.07, 6.45) is 4.75. The van der Waals surface area contributed by atoms with Gasteiger partial charge in [-0.25, -0.2) is 4.79 Å². The van der Waals surface area contributed by atoms with Crippen LogP contribution in [0.5, 0.6) is 11.5 Å². The molecule has 16 heteroatoms. The number of carbonyl (C=O) groups is 2. The highest BCUT2D eigenvalue weighted by Gasteiger charge is 2.27. The summed E-state index contributed by atoms with van der Waals surface area (Å²) in [5, 5.41) is 9.31. The first-order chi connectivity index (χ1) is 19.3. The molecule has 0 bridgehead atoms. The summed E-state index contributed by atoms with van der Waals surface area (Å²) in [4.78, 5) is 23.8. The van der Waals surface area contributed by atoms with Crippen molar-refractivity contribution in [2.24, 2.45) is 0 Å². The largest absolute Gasteiger partial charge is 0.478 e. The number of fused-ring (bicyclic) bond motifs is 2. The topological polar surface area (TPSA) is 202 Å². The summed E-state index contributed by atoms with van der Waals surface area (Å²) in [6.45, 7) is 0.537. The normalized spacial score (nSPS) is 14.5. The van der Waals surface area contributed by atoms with E-state index in [-0.39, 0.29) is 61.1 Å². The average molecular weight is 610 g/mol. The van der Waals surface area contributed by atoms with Gasteiger partial charge in [-0.1, -0.05) is 0 Å². The van der Waals surface area contributed by atoms with Crippen molar-refractivity contribution in [2.75, 3.05) is 23.0 Å².